The van der Waals surface area contributed by atoms with Gasteiger partial charge < -0.3 is 4.74 Å². The van der Waals surface area contributed by atoms with E-state index in [-0.39, 0.29) is 23.1 Å². The molecule has 0 radical (unpaired) electrons. The first-order chi connectivity index (χ1) is 13.8. The number of aromatic nitrogens is 2. The van der Waals surface area contributed by atoms with Crippen LogP contribution in [0.5, 0.6) is 5.75 Å². The molecule has 8 nitrogen and oxygen atoms in total. The van der Waals surface area contributed by atoms with E-state index in [1.165, 1.54) is 23.0 Å². The number of halogens is 1. The molecular weight excluding hydrogens is 440 g/mol. The Morgan fingerprint density at radius 1 is 1.31 bits per heavy atom. The lowest BCUT2D eigenvalue weighted by Gasteiger charge is -2.10. The van der Waals surface area contributed by atoms with Crippen molar-refractivity contribution in [2.75, 3.05) is 0 Å². The molecule has 1 heterocycles. The van der Waals surface area contributed by atoms with Crippen LogP contribution in [0.4, 0.5) is 5.69 Å². The van der Waals surface area contributed by atoms with Gasteiger partial charge in [-0.25, -0.2) is 4.98 Å². The molecule has 3 aromatic rings. The number of ether oxygens (including phenoxy) is 1. The lowest BCUT2D eigenvalue weighted by molar-refractivity contribution is -0.386. The first-order valence-corrected chi connectivity index (χ1v) is 9.80. The Balaban J connectivity index is 2.06. The number of benzene rings is 2. The number of hydrogen-bond acceptors (Lipinski definition) is 6. The SMILES string of the molecule is CCc1nc2ccc(Br)cc2c(=O)n1N=Cc1ccc(OC(C)C)c([N+](=O)[O-])c1. The second kappa shape index (κ2) is 8.52. The Kier molecular flexibility index (Phi) is 6.07. The average molecular weight is 459 g/mol. The van der Waals surface area contributed by atoms with Gasteiger partial charge in [-0.05, 0) is 44.2 Å². The standard InChI is InChI=1S/C20H19BrN4O4/c1-4-19-23-16-7-6-14(21)10-15(16)20(26)24(19)22-11-13-5-8-18(29-12(2)3)17(9-13)25(27)28/h5-12H,4H2,1-3H3. The highest BCUT2D eigenvalue weighted by atomic mass is 79.9. The molecule has 0 aliphatic heterocycles. The van der Waals surface area contributed by atoms with E-state index in [4.69, 9.17) is 4.74 Å². The van der Waals surface area contributed by atoms with E-state index in [1.807, 2.05) is 13.0 Å². The molecule has 0 spiro atoms. The van der Waals surface area contributed by atoms with Crippen molar-refractivity contribution in [1.29, 1.82) is 0 Å². The summed E-state index contributed by atoms with van der Waals surface area (Å²) in [5.41, 5.74) is 0.591. The predicted molar refractivity (Wildman–Crippen MR) is 115 cm³/mol. The summed E-state index contributed by atoms with van der Waals surface area (Å²) in [5, 5.41) is 16.1. The van der Waals surface area contributed by atoms with E-state index in [0.29, 0.717) is 28.7 Å². The maximum Gasteiger partial charge on any atom is 0.311 e. The van der Waals surface area contributed by atoms with E-state index >= 15 is 0 Å². The van der Waals surface area contributed by atoms with Crippen LogP contribution in [0.15, 0.2) is 50.8 Å². The Morgan fingerprint density at radius 2 is 2.07 bits per heavy atom. The minimum absolute atomic E-state index is 0.161. The van der Waals surface area contributed by atoms with Gasteiger partial charge in [0.1, 0.15) is 5.82 Å². The molecule has 2 aromatic carbocycles. The highest BCUT2D eigenvalue weighted by Crippen LogP contribution is 2.28. The van der Waals surface area contributed by atoms with E-state index in [2.05, 4.69) is 26.0 Å². The topological polar surface area (TPSA) is 99.6 Å². The number of aryl methyl sites for hydroxylation is 1. The van der Waals surface area contributed by atoms with Gasteiger partial charge in [-0.15, -0.1) is 0 Å². The lowest BCUT2D eigenvalue weighted by atomic mass is 10.2. The number of rotatable bonds is 6. The van der Waals surface area contributed by atoms with Crippen molar-refractivity contribution in [2.45, 2.75) is 33.3 Å². The minimum Gasteiger partial charge on any atom is -0.484 e. The Bertz CT molecular complexity index is 1170. The molecule has 9 heteroatoms. The highest BCUT2D eigenvalue weighted by Gasteiger charge is 2.17. The van der Waals surface area contributed by atoms with Crippen LogP contribution in [-0.2, 0) is 6.42 Å². The number of nitro benzene ring substituents is 1. The summed E-state index contributed by atoms with van der Waals surface area (Å²) in [6.45, 7) is 5.47. The van der Waals surface area contributed by atoms with Crippen LogP contribution in [0.25, 0.3) is 10.9 Å². The zero-order valence-electron chi connectivity index (χ0n) is 16.1. The summed E-state index contributed by atoms with van der Waals surface area (Å²) >= 11 is 3.36. The fourth-order valence-corrected chi connectivity index (χ4v) is 3.14. The molecule has 29 heavy (non-hydrogen) atoms. The number of hydrogen-bond donors (Lipinski definition) is 0. The molecule has 0 unspecified atom stereocenters. The van der Waals surface area contributed by atoms with Crippen molar-refractivity contribution in [3.8, 4) is 5.75 Å². The van der Waals surface area contributed by atoms with E-state index in [1.54, 1.807) is 32.0 Å². The zero-order valence-corrected chi connectivity index (χ0v) is 17.7. The third-order valence-corrected chi connectivity index (χ3v) is 4.55. The van der Waals surface area contributed by atoms with Crippen LogP contribution in [0, 0.1) is 10.1 Å². The summed E-state index contributed by atoms with van der Waals surface area (Å²) < 4.78 is 7.47. The summed E-state index contributed by atoms with van der Waals surface area (Å²) in [6.07, 6.45) is 1.71. The van der Waals surface area contributed by atoms with Gasteiger partial charge in [-0.2, -0.15) is 9.78 Å². The fraction of sp³-hybridized carbons (Fsp3) is 0.250. The van der Waals surface area contributed by atoms with Crippen molar-refractivity contribution in [3.05, 3.63) is 72.7 Å². The smallest absolute Gasteiger partial charge is 0.311 e. The van der Waals surface area contributed by atoms with E-state index < -0.39 is 4.92 Å². The van der Waals surface area contributed by atoms with Crippen molar-refractivity contribution < 1.29 is 9.66 Å². The molecule has 3 rings (SSSR count). The number of fused-ring (bicyclic) bond motifs is 1. The molecule has 1 aromatic heterocycles. The summed E-state index contributed by atoms with van der Waals surface area (Å²) in [4.78, 5) is 28.3. The molecule has 0 atom stereocenters. The maximum atomic E-state index is 12.9. The van der Waals surface area contributed by atoms with Gasteiger partial charge in [0, 0.05) is 22.5 Å². The van der Waals surface area contributed by atoms with E-state index in [0.717, 1.165) is 4.47 Å². The molecule has 0 bridgehead atoms. The van der Waals surface area contributed by atoms with E-state index in [9.17, 15) is 14.9 Å². The minimum atomic E-state index is -0.506. The van der Waals surface area contributed by atoms with Crippen LogP contribution in [0.2, 0.25) is 0 Å². The van der Waals surface area contributed by atoms with Crippen LogP contribution < -0.4 is 10.3 Å². The van der Waals surface area contributed by atoms with Gasteiger partial charge in [0.15, 0.2) is 5.75 Å². The zero-order chi connectivity index (χ0) is 21.1. The fourth-order valence-electron chi connectivity index (χ4n) is 2.78. The Morgan fingerprint density at radius 3 is 2.72 bits per heavy atom. The molecular formula is C20H19BrN4O4. The van der Waals surface area contributed by atoms with Crippen LogP contribution >= 0.6 is 15.9 Å². The third kappa shape index (κ3) is 4.51. The van der Waals surface area contributed by atoms with Gasteiger partial charge in [0.2, 0.25) is 0 Å². The van der Waals surface area contributed by atoms with Crippen LogP contribution in [0.1, 0.15) is 32.2 Å². The summed E-state index contributed by atoms with van der Waals surface area (Å²) in [5.74, 6) is 0.682. The van der Waals surface area contributed by atoms with Gasteiger partial charge in [0.05, 0.1) is 28.1 Å². The predicted octanol–water partition coefficient (Wildman–Crippen LogP) is 4.30. The average Bonchev–Trinajstić information content (AvgIpc) is 2.67. The van der Waals surface area contributed by atoms with Crippen molar-refractivity contribution in [3.63, 3.8) is 0 Å². The molecule has 150 valence electrons. The lowest BCUT2D eigenvalue weighted by Crippen LogP contribution is -2.22. The van der Waals surface area contributed by atoms with Gasteiger partial charge in [0.25, 0.3) is 5.56 Å². The molecule has 0 fully saturated rings. The molecule has 0 aliphatic carbocycles. The van der Waals surface area contributed by atoms with Gasteiger partial charge in [-0.1, -0.05) is 22.9 Å². The van der Waals surface area contributed by atoms with Crippen LogP contribution in [0.3, 0.4) is 0 Å². The normalized spacial score (nSPS) is 11.5. The number of nitrogens with zero attached hydrogens (tertiary/aromatic N) is 4. The monoisotopic (exact) mass is 458 g/mol. The van der Waals surface area contributed by atoms with Crippen molar-refractivity contribution in [2.24, 2.45) is 5.10 Å². The first kappa shape index (κ1) is 20.7. The molecule has 0 N–H and O–H groups in total. The quantitative estimate of drug-likeness (QED) is 0.311. The Labute approximate surface area is 175 Å². The third-order valence-electron chi connectivity index (χ3n) is 4.06. The second-order valence-corrected chi connectivity index (χ2v) is 7.47. The van der Waals surface area contributed by atoms with Gasteiger partial charge >= 0.3 is 5.69 Å². The largest absolute Gasteiger partial charge is 0.484 e. The highest BCUT2D eigenvalue weighted by molar-refractivity contribution is 9.10. The molecule has 0 saturated heterocycles. The summed E-state index contributed by atoms with van der Waals surface area (Å²) in [6, 6.07) is 9.82. The Hall–Kier alpha value is -3.07. The van der Waals surface area contributed by atoms with Crippen molar-refractivity contribution in [1.82, 2.24) is 9.66 Å². The first-order valence-electron chi connectivity index (χ1n) is 9.00. The molecule has 0 amide bonds. The van der Waals surface area contributed by atoms with Crippen LogP contribution in [-0.4, -0.2) is 26.9 Å². The second-order valence-electron chi connectivity index (χ2n) is 6.56. The summed E-state index contributed by atoms with van der Waals surface area (Å²) in [7, 11) is 0. The molecule has 0 aliphatic rings. The molecule has 0 saturated carbocycles. The number of nitro groups is 1. The van der Waals surface area contributed by atoms with Gasteiger partial charge in [-0.3, -0.25) is 14.9 Å². The van der Waals surface area contributed by atoms with Crippen molar-refractivity contribution >= 4 is 38.7 Å². The maximum absolute atomic E-state index is 12.9.